The first-order valence-corrected chi connectivity index (χ1v) is 12.9. The molecular formula is C29H33ClO8. The monoisotopic (exact) mass is 544 g/mol. The lowest BCUT2D eigenvalue weighted by Crippen LogP contribution is -2.55. The van der Waals surface area contributed by atoms with Gasteiger partial charge in [0.1, 0.15) is 61.0 Å². The third-order valence-electron chi connectivity index (χ3n) is 6.36. The molecule has 1 aliphatic rings. The van der Waals surface area contributed by atoms with E-state index in [1.165, 1.54) is 0 Å². The van der Waals surface area contributed by atoms with Gasteiger partial charge in [0.15, 0.2) is 0 Å². The molecule has 3 aromatic rings. The molecule has 4 rings (SSSR count). The van der Waals surface area contributed by atoms with Crippen molar-refractivity contribution in [1.82, 2.24) is 0 Å². The number of benzene rings is 3. The van der Waals surface area contributed by atoms with Crippen LogP contribution >= 0.6 is 11.6 Å². The van der Waals surface area contributed by atoms with Gasteiger partial charge in [0.2, 0.25) is 0 Å². The highest BCUT2D eigenvalue weighted by Gasteiger charge is 2.44. The number of hydrogen-bond donors (Lipinski definition) is 4. The molecule has 0 amide bonds. The van der Waals surface area contributed by atoms with Crippen molar-refractivity contribution in [2.24, 2.45) is 0 Å². The van der Waals surface area contributed by atoms with E-state index in [-0.39, 0.29) is 0 Å². The molecule has 38 heavy (non-hydrogen) atoms. The normalized spacial score (nSPS) is 23.2. The smallest absolute Gasteiger partial charge is 0.122 e. The molecule has 8 nitrogen and oxygen atoms in total. The highest BCUT2D eigenvalue weighted by molar-refractivity contribution is 6.31. The second-order valence-electron chi connectivity index (χ2n) is 9.02. The SMILES string of the molecule is CCOc1ccc(OCCOc2ccc(Cc3cc([C@@H]4O[C@H](CO)[C@@H](O)[C@H](O)[C@H]4O)ccc3Cl)cc2)cc1. The van der Waals surface area contributed by atoms with Crippen LogP contribution in [0.1, 0.15) is 29.7 Å². The zero-order valence-electron chi connectivity index (χ0n) is 21.1. The summed E-state index contributed by atoms with van der Waals surface area (Å²) in [5.41, 5.74) is 2.39. The van der Waals surface area contributed by atoms with E-state index in [2.05, 4.69) is 0 Å². The van der Waals surface area contributed by atoms with E-state index in [9.17, 15) is 20.4 Å². The summed E-state index contributed by atoms with van der Waals surface area (Å²) in [7, 11) is 0. The molecule has 3 aromatic carbocycles. The van der Waals surface area contributed by atoms with Crippen LogP contribution in [0.25, 0.3) is 0 Å². The van der Waals surface area contributed by atoms with Crippen molar-refractivity contribution in [3.05, 3.63) is 88.4 Å². The largest absolute Gasteiger partial charge is 0.494 e. The first kappa shape index (κ1) is 28.2. The fourth-order valence-corrected chi connectivity index (χ4v) is 4.51. The highest BCUT2D eigenvalue weighted by Crippen LogP contribution is 2.34. The molecule has 5 atom stereocenters. The maximum atomic E-state index is 10.5. The van der Waals surface area contributed by atoms with E-state index in [1.807, 2.05) is 55.5 Å². The van der Waals surface area contributed by atoms with Crippen molar-refractivity contribution >= 4 is 11.6 Å². The molecule has 0 radical (unpaired) electrons. The molecule has 9 heteroatoms. The number of hydrogen-bond acceptors (Lipinski definition) is 8. The second-order valence-corrected chi connectivity index (χ2v) is 9.43. The summed E-state index contributed by atoms with van der Waals surface area (Å²) in [4.78, 5) is 0. The van der Waals surface area contributed by atoms with Crippen LogP contribution in [0.4, 0.5) is 0 Å². The van der Waals surface area contributed by atoms with Crippen LogP contribution in [-0.2, 0) is 11.2 Å². The minimum absolute atomic E-state index is 0.388. The standard InChI is InChI=1S/C29H33ClO8/c1-2-35-21-8-10-23(11-9-21)37-14-13-36-22-6-3-18(4-7-22)15-20-16-19(5-12-24(20)30)29-28(34)27(33)26(32)25(17-31)38-29/h3-12,16,25-29,31-34H,2,13-15,17H2,1H3/t25-,26-,27+,28-,29+/m1/s1. The van der Waals surface area contributed by atoms with Crippen LogP contribution < -0.4 is 14.2 Å². The van der Waals surface area contributed by atoms with Gasteiger partial charge in [0, 0.05) is 5.02 Å². The average Bonchev–Trinajstić information content (AvgIpc) is 2.93. The Balaban J connectivity index is 1.32. The van der Waals surface area contributed by atoms with Crippen LogP contribution in [0.3, 0.4) is 0 Å². The predicted molar refractivity (Wildman–Crippen MR) is 142 cm³/mol. The van der Waals surface area contributed by atoms with E-state index in [1.54, 1.807) is 18.2 Å². The maximum absolute atomic E-state index is 10.5. The van der Waals surface area contributed by atoms with Crippen molar-refractivity contribution < 1.29 is 39.4 Å². The fourth-order valence-electron chi connectivity index (χ4n) is 4.33. The lowest BCUT2D eigenvalue weighted by Gasteiger charge is -2.40. The number of ether oxygens (including phenoxy) is 4. The summed E-state index contributed by atoms with van der Waals surface area (Å²) >= 11 is 6.44. The Kier molecular flexibility index (Phi) is 9.85. The Bertz CT molecular complexity index is 1150. The van der Waals surface area contributed by atoms with E-state index >= 15 is 0 Å². The van der Waals surface area contributed by atoms with Gasteiger partial charge in [-0.25, -0.2) is 0 Å². The molecular weight excluding hydrogens is 512 g/mol. The average molecular weight is 545 g/mol. The van der Waals surface area contributed by atoms with Gasteiger partial charge < -0.3 is 39.4 Å². The Labute approximate surface area is 226 Å². The summed E-state index contributed by atoms with van der Waals surface area (Å²) in [6.07, 6.45) is -5.57. The van der Waals surface area contributed by atoms with E-state index in [0.29, 0.717) is 42.6 Å². The summed E-state index contributed by atoms with van der Waals surface area (Å²) in [5.74, 6) is 2.26. The van der Waals surface area contributed by atoms with Crippen molar-refractivity contribution in [3.8, 4) is 17.2 Å². The van der Waals surface area contributed by atoms with Crippen LogP contribution in [0, 0.1) is 0 Å². The number of aliphatic hydroxyl groups excluding tert-OH is 4. The minimum atomic E-state index is -1.44. The van der Waals surface area contributed by atoms with Crippen LogP contribution in [-0.4, -0.2) is 71.3 Å². The highest BCUT2D eigenvalue weighted by atomic mass is 35.5. The molecule has 4 N–H and O–H groups in total. The third-order valence-corrected chi connectivity index (χ3v) is 6.73. The zero-order chi connectivity index (χ0) is 27.1. The first-order chi connectivity index (χ1) is 18.4. The van der Waals surface area contributed by atoms with Gasteiger partial charge in [0.25, 0.3) is 0 Å². The molecule has 0 aliphatic carbocycles. The van der Waals surface area contributed by atoms with Crippen molar-refractivity contribution in [3.63, 3.8) is 0 Å². The first-order valence-electron chi connectivity index (χ1n) is 12.6. The van der Waals surface area contributed by atoms with Crippen LogP contribution in [0.2, 0.25) is 5.02 Å². The Morgan fingerprint density at radius 1 is 0.763 bits per heavy atom. The van der Waals surface area contributed by atoms with Crippen LogP contribution in [0.15, 0.2) is 66.7 Å². The molecule has 0 unspecified atom stereocenters. The van der Waals surface area contributed by atoms with Gasteiger partial charge in [-0.2, -0.15) is 0 Å². The quantitative estimate of drug-likeness (QED) is 0.272. The molecule has 204 valence electrons. The molecule has 0 bridgehead atoms. The summed E-state index contributed by atoms with van der Waals surface area (Å²) in [5, 5.41) is 40.7. The third kappa shape index (κ3) is 6.96. The zero-order valence-corrected chi connectivity index (χ0v) is 21.8. The number of rotatable bonds is 11. The fraction of sp³-hybridized carbons (Fsp3) is 0.379. The van der Waals surface area contributed by atoms with Gasteiger partial charge in [-0.1, -0.05) is 35.9 Å². The lowest BCUT2D eigenvalue weighted by molar-refractivity contribution is -0.231. The van der Waals surface area contributed by atoms with Gasteiger partial charge >= 0.3 is 0 Å². The minimum Gasteiger partial charge on any atom is -0.494 e. The summed E-state index contributed by atoms with van der Waals surface area (Å²) in [6.45, 7) is 2.86. The molecule has 1 saturated heterocycles. The topological polar surface area (TPSA) is 118 Å². The van der Waals surface area contributed by atoms with Crippen molar-refractivity contribution in [2.45, 2.75) is 43.9 Å². The van der Waals surface area contributed by atoms with Crippen LogP contribution in [0.5, 0.6) is 17.2 Å². The Morgan fingerprint density at radius 3 is 1.92 bits per heavy atom. The van der Waals surface area contributed by atoms with Gasteiger partial charge in [-0.05, 0) is 72.5 Å². The maximum Gasteiger partial charge on any atom is 0.122 e. The van der Waals surface area contributed by atoms with E-state index in [4.69, 9.17) is 30.5 Å². The number of aliphatic hydroxyl groups is 4. The van der Waals surface area contributed by atoms with Crippen molar-refractivity contribution in [2.75, 3.05) is 26.4 Å². The van der Waals surface area contributed by atoms with Gasteiger partial charge in [-0.15, -0.1) is 0 Å². The summed E-state index contributed by atoms with van der Waals surface area (Å²) < 4.78 is 22.6. The van der Waals surface area contributed by atoms with Gasteiger partial charge in [0.05, 0.1) is 13.2 Å². The van der Waals surface area contributed by atoms with Crippen molar-refractivity contribution in [1.29, 1.82) is 0 Å². The molecule has 1 heterocycles. The molecule has 1 fully saturated rings. The number of halogens is 1. The Hall–Kier alpha value is -2.85. The van der Waals surface area contributed by atoms with E-state index in [0.717, 1.165) is 22.6 Å². The Morgan fingerprint density at radius 2 is 1.34 bits per heavy atom. The van der Waals surface area contributed by atoms with E-state index < -0.39 is 37.1 Å². The molecule has 1 aliphatic heterocycles. The predicted octanol–water partition coefficient (Wildman–Crippen LogP) is 3.30. The molecule has 0 spiro atoms. The summed E-state index contributed by atoms with van der Waals surface area (Å²) in [6, 6.07) is 20.3. The molecule has 0 aromatic heterocycles. The second kappa shape index (κ2) is 13.3. The van der Waals surface area contributed by atoms with Gasteiger partial charge in [-0.3, -0.25) is 0 Å². The molecule has 0 saturated carbocycles. The lowest BCUT2D eigenvalue weighted by atomic mass is 9.90.